The van der Waals surface area contributed by atoms with Crippen molar-refractivity contribution in [3.05, 3.63) is 70.8 Å². The maximum absolute atomic E-state index is 12.8. The van der Waals surface area contributed by atoms with Crippen LogP contribution >= 0.6 is 0 Å². The Morgan fingerprint density at radius 1 is 1.00 bits per heavy atom. The Kier molecular flexibility index (Phi) is 5.77. The molecule has 1 aliphatic heterocycles. The first-order chi connectivity index (χ1) is 13.8. The predicted molar refractivity (Wildman–Crippen MR) is 106 cm³/mol. The SMILES string of the molecule is CC(C)C(C(=O)NCCc1cccc(C(=O)O)c1)N1C(=O)c2ccccc2C1=O. The van der Waals surface area contributed by atoms with Gasteiger partial charge in [-0.15, -0.1) is 0 Å². The molecule has 150 valence electrons. The highest BCUT2D eigenvalue weighted by atomic mass is 16.4. The van der Waals surface area contributed by atoms with Gasteiger partial charge in [-0.2, -0.15) is 0 Å². The summed E-state index contributed by atoms with van der Waals surface area (Å²) in [6.45, 7) is 3.82. The van der Waals surface area contributed by atoms with E-state index in [2.05, 4.69) is 5.32 Å². The molecule has 0 bridgehead atoms. The van der Waals surface area contributed by atoms with E-state index in [1.807, 2.05) is 0 Å². The van der Waals surface area contributed by atoms with Crippen molar-refractivity contribution < 1.29 is 24.3 Å². The molecular formula is C22H22N2O5. The van der Waals surface area contributed by atoms with Crippen LogP contribution in [0.3, 0.4) is 0 Å². The van der Waals surface area contributed by atoms with Crippen LogP contribution in [0.1, 0.15) is 50.5 Å². The molecule has 29 heavy (non-hydrogen) atoms. The van der Waals surface area contributed by atoms with Gasteiger partial charge in [-0.05, 0) is 42.2 Å². The maximum atomic E-state index is 12.8. The number of nitrogens with one attached hydrogen (secondary N) is 1. The molecule has 7 nitrogen and oxygen atoms in total. The predicted octanol–water partition coefficient (Wildman–Crippen LogP) is 2.36. The van der Waals surface area contributed by atoms with Crippen LogP contribution in [0.4, 0.5) is 0 Å². The molecule has 0 saturated carbocycles. The molecule has 2 aromatic rings. The summed E-state index contributed by atoms with van der Waals surface area (Å²) in [5, 5.41) is 11.8. The Morgan fingerprint density at radius 3 is 2.17 bits per heavy atom. The third-order valence-electron chi connectivity index (χ3n) is 4.89. The molecule has 0 radical (unpaired) electrons. The van der Waals surface area contributed by atoms with Crippen LogP contribution in [-0.4, -0.2) is 46.3 Å². The molecule has 0 spiro atoms. The number of carboxylic acids is 1. The summed E-state index contributed by atoms with van der Waals surface area (Å²) in [5.41, 5.74) is 1.56. The Morgan fingerprint density at radius 2 is 1.62 bits per heavy atom. The van der Waals surface area contributed by atoms with E-state index in [0.717, 1.165) is 10.5 Å². The van der Waals surface area contributed by atoms with Gasteiger partial charge in [0, 0.05) is 6.54 Å². The summed E-state index contributed by atoms with van der Waals surface area (Å²) in [6, 6.07) is 12.1. The van der Waals surface area contributed by atoms with Crippen LogP contribution in [0.2, 0.25) is 0 Å². The fourth-order valence-electron chi connectivity index (χ4n) is 3.47. The van der Waals surface area contributed by atoms with Gasteiger partial charge in [0.05, 0.1) is 16.7 Å². The van der Waals surface area contributed by atoms with Gasteiger partial charge in [0.2, 0.25) is 5.91 Å². The summed E-state index contributed by atoms with van der Waals surface area (Å²) < 4.78 is 0. The van der Waals surface area contributed by atoms with Gasteiger partial charge in [0.1, 0.15) is 6.04 Å². The zero-order valence-electron chi connectivity index (χ0n) is 16.2. The number of amides is 3. The average molecular weight is 394 g/mol. The van der Waals surface area contributed by atoms with Crippen molar-refractivity contribution in [3.8, 4) is 0 Å². The molecule has 1 unspecified atom stereocenters. The molecule has 2 aromatic carbocycles. The van der Waals surface area contributed by atoms with Crippen LogP contribution < -0.4 is 5.32 Å². The van der Waals surface area contributed by atoms with Gasteiger partial charge in [-0.25, -0.2) is 4.79 Å². The van der Waals surface area contributed by atoms with E-state index in [4.69, 9.17) is 5.11 Å². The Labute approximate surface area is 168 Å². The number of carbonyl (C=O) groups is 4. The van der Waals surface area contributed by atoms with E-state index >= 15 is 0 Å². The lowest BCUT2D eigenvalue weighted by molar-refractivity contribution is -0.126. The van der Waals surface area contributed by atoms with Crippen LogP contribution in [0.5, 0.6) is 0 Å². The first-order valence-corrected chi connectivity index (χ1v) is 9.38. The molecule has 7 heteroatoms. The first-order valence-electron chi connectivity index (χ1n) is 9.38. The summed E-state index contributed by atoms with van der Waals surface area (Å²) in [5.74, 6) is -2.62. The molecule has 1 aliphatic rings. The van der Waals surface area contributed by atoms with Crippen molar-refractivity contribution >= 4 is 23.7 Å². The fraction of sp³-hybridized carbons (Fsp3) is 0.273. The minimum Gasteiger partial charge on any atom is -0.478 e. The molecule has 0 saturated heterocycles. The lowest BCUT2D eigenvalue weighted by Crippen LogP contribution is -2.52. The van der Waals surface area contributed by atoms with Crippen molar-refractivity contribution in [2.75, 3.05) is 6.54 Å². The minimum absolute atomic E-state index is 0.180. The highest BCUT2D eigenvalue weighted by molar-refractivity contribution is 6.22. The van der Waals surface area contributed by atoms with E-state index in [1.165, 1.54) is 6.07 Å². The molecule has 3 amide bonds. The highest BCUT2D eigenvalue weighted by Gasteiger charge is 2.43. The van der Waals surface area contributed by atoms with E-state index in [1.54, 1.807) is 56.3 Å². The van der Waals surface area contributed by atoms with E-state index in [9.17, 15) is 19.2 Å². The molecule has 1 atom stereocenters. The van der Waals surface area contributed by atoms with Gasteiger partial charge < -0.3 is 10.4 Å². The number of carboxylic acid groups (broad SMARTS) is 1. The van der Waals surface area contributed by atoms with Crippen LogP contribution in [0.25, 0.3) is 0 Å². The molecule has 0 fully saturated rings. The summed E-state index contributed by atoms with van der Waals surface area (Å²) >= 11 is 0. The van der Waals surface area contributed by atoms with Crippen molar-refractivity contribution in [2.45, 2.75) is 26.3 Å². The van der Waals surface area contributed by atoms with Gasteiger partial charge in [0.15, 0.2) is 0 Å². The van der Waals surface area contributed by atoms with E-state index in [-0.39, 0.29) is 18.0 Å². The number of aromatic carboxylic acids is 1. The second-order valence-electron chi connectivity index (χ2n) is 7.26. The number of hydrogen-bond acceptors (Lipinski definition) is 4. The Balaban J connectivity index is 1.70. The van der Waals surface area contributed by atoms with Crippen molar-refractivity contribution in [1.82, 2.24) is 10.2 Å². The van der Waals surface area contributed by atoms with Crippen molar-refractivity contribution in [2.24, 2.45) is 5.92 Å². The number of rotatable bonds is 7. The van der Waals surface area contributed by atoms with Gasteiger partial charge in [-0.1, -0.05) is 38.1 Å². The highest BCUT2D eigenvalue weighted by Crippen LogP contribution is 2.27. The Bertz CT molecular complexity index is 948. The molecule has 2 N–H and O–H groups in total. The average Bonchev–Trinajstić information content (AvgIpc) is 2.94. The third kappa shape index (κ3) is 4.03. The van der Waals surface area contributed by atoms with Gasteiger partial charge >= 0.3 is 5.97 Å². The third-order valence-corrected chi connectivity index (χ3v) is 4.89. The van der Waals surface area contributed by atoms with Gasteiger partial charge in [0.25, 0.3) is 11.8 Å². The van der Waals surface area contributed by atoms with E-state index < -0.39 is 29.7 Å². The van der Waals surface area contributed by atoms with Crippen LogP contribution in [0.15, 0.2) is 48.5 Å². The molecule has 1 heterocycles. The van der Waals surface area contributed by atoms with Crippen LogP contribution in [-0.2, 0) is 11.2 Å². The molecule has 3 rings (SSSR count). The van der Waals surface area contributed by atoms with Crippen molar-refractivity contribution in [3.63, 3.8) is 0 Å². The minimum atomic E-state index is -1.01. The number of fused-ring (bicyclic) bond motifs is 1. The topological polar surface area (TPSA) is 104 Å². The van der Waals surface area contributed by atoms with Crippen LogP contribution in [0, 0.1) is 5.92 Å². The quantitative estimate of drug-likeness (QED) is 0.702. The molecular weight excluding hydrogens is 372 g/mol. The summed E-state index contributed by atoms with van der Waals surface area (Å²) in [4.78, 5) is 50.4. The lowest BCUT2D eigenvalue weighted by atomic mass is 10.0. The summed E-state index contributed by atoms with van der Waals surface area (Å²) in [7, 11) is 0. The number of hydrogen-bond donors (Lipinski definition) is 2. The number of nitrogens with zero attached hydrogens (tertiary/aromatic N) is 1. The fourth-order valence-corrected chi connectivity index (χ4v) is 3.47. The largest absolute Gasteiger partial charge is 0.478 e. The number of benzene rings is 2. The first kappa shape index (κ1) is 20.3. The van der Waals surface area contributed by atoms with E-state index in [0.29, 0.717) is 17.5 Å². The number of carbonyl (C=O) groups excluding carboxylic acids is 3. The maximum Gasteiger partial charge on any atom is 0.335 e. The Hall–Kier alpha value is -3.48. The van der Waals surface area contributed by atoms with Crippen molar-refractivity contribution in [1.29, 1.82) is 0 Å². The summed E-state index contributed by atoms with van der Waals surface area (Å²) in [6.07, 6.45) is 0.430. The second kappa shape index (κ2) is 8.26. The molecule has 0 aliphatic carbocycles. The zero-order valence-corrected chi connectivity index (χ0v) is 16.2. The number of imide groups is 1. The zero-order chi connectivity index (χ0) is 21.1. The standard InChI is InChI=1S/C22H22N2O5/c1-13(2)18(24-20(26)16-8-3-4-9-17(16)21(24)27)19(25)23-11-10-14-6-5-7-15(12-14)22(28)29/h3-9,12-13,18H,10-11H2,1-2H3,(H,23,25)(H,28,29). The second-order valence-corrected chi connectivity index (χ2v) is 7.26. The van der Waals surface area contributed by atoms with Gasteiger partial charge in [-0.3, -0.25) is 19.3 Å². The lowest BCUT2D eigenvalue weighted by Gasteiger charge is -2.28. The molecule has 0 aromatic heterocycles. The normalized spacial score (nSPS) is 14.1. The smallest absolute Gasteiger partial charge is 0.335 e. The monoisotopic (exact) mass is 394 g/mol.